The lowest BCUT2D eigenvalue weighted by Crippen LogP contribution is -2.37. The van der Waals surface area contributed by atoms with Crippen LogP contribution in [0.4, 0.5) is 4.79 Å². The third kappa shape index (κ3) is 4.52. The summed E-state index contributed by atoms with van der Waals surface area (Å²) in [4.78, 5) is 36.8. The maximum Gasteiger partial charge on any atom is 0.288 e. The molecule has 0 unspecified atom stereocenters. The van der Waals surface area contributed by atoms with Crippen LogP contribution in [-0.4, -0.2) is 40.8 Å². The minimum Gasteiger partial charge on any atom is -0.354 e. The van der Waals surface area contributed by atoms with Crippen LogP contribution in [0.2, 0.25) is 0 Å². The second-order valence-electron chi connectivity index (χ2n) is 6.03. The number of nitrogens with one attached hydrogen (secondary N) is 1. The fraction of sp³-hybridized carbons (Fsp3) is 0.250. The summed E-state index contributed by atoms with van der Waals surface area (Å²) in [5.41, 5.74) is 2.16. The van der Waals surface area contributed by atoms with Gasteiger partial charge >= 0.3 is 0 Å². The maximum absolute atomic E-state index is 12.4. The van der Waals surface area contributed by atoms with E-state index in [0.29, 0.717) is 6.42 Å². The first kappa shape index (κ1) is 18.2. The highest BCUT2D eigenvalue weighted by molar-refractivity contribution is 8.14. The molecule has 0 saturated carbocycles. The minimum atomic E-state index is -0.240. The average Bonchev–Trinajstić information content (AvgIpc) is 2.99. The summed E-state index contributed by atoms with van der Waals surface area (Å²) in [6.45, 7) is 0.491. The van der Waals surface area contributed by atoms with Crippen LogP contribution in [-0.2, 0) is 9.59 Å². The molecule has 0 spiro atoms. The van der Waals surface area contributed by atoms with Crippen LogP contribution in [0.1, 0.15) is 23.5 Å². The quantitative estimate of drug-likeness (QED) is 0.816. The lowest BCUT2D eigenvalue weighted by molar-refractivity contribution is -0.125. The Balaban J connectivity index is 1.61. The van der Waals surface area contributed by atoms with Crippen molar-refractivity contribution in [1.29, 1.82) is 0 Å². The predicted octanol–water partition coefficient (Wildman–Crippen LogP) is 3.02. The average molecular weight is 368 g/mol. The molecule has 0 aliphatic carbocycles. The summed E-state index contributed by atoms with van der Waals surface area (Å²) in [6, 6.07) is 19.8. The molecule has 0 radical (unpaired) electrons. The molecule has 1 aliphatic rings. The van der Waals surface area contributed by atoms with Crippen LogP contribution in [0.5, 0.6) is 0 Å². The molecular weight excluding hydrogens is 348 g/mol. The van der Waals surface area contributed by atoms with Gasteiger partial charge in [0, 0.05) is 25.4 Å². The molecule has 5 nitrogen and oxygen atoms in total. The highest BCUT2D eigenvalue weighted by atomic mass is 32.2. The van der Waals surface area contributed by atoms with Gasteiger partial charge in [-0.05, 0) is 11.1 Å². The number of hydrogen-bond donors (Lipinski definition) is 1. The highest BCUT2D eigenvalue weighted by Crippen LogP contribution is 2.27. The van der Waals surface area contributed by atoms with E-state index in [-0.39, 0.29) is 41.8 Å². The van der Waals surface area contributed by atoms with Gasteiger partial charge in [-0.2, -0.15) is 0 Å². The third-order valence-electron chi connectivity index (χ3n) is 4.29. The van der Waals surface area contributed by atoms with E-state index >= 15 is 0 Å². The molecule has 0 aromatic heterocycles. The zero-order valence-corrected chi connectivity index (χ0v) is 15.1. The van der Waals surface area contributed by atoms with Crippen molar-refractivity contribution in [2.24, 2.45) is 0 Å². The Labute approximate surface area is 156 Å². The monoisotopic (exact) mass is 368 g/mol. The van der Waals surface area contributed by atoms with E-state index in [4.69, 9.17) is 0 Å². The Kier molecular flexibility index (Phi) is 6.07. The van der Waals surface area contributed by atoms with Gasteiger partial charge < -0.3 is 5.32 Å². The van der Waals surface area contributed by atoms with Crippen LogP contribution in [0.25, 0.3) is 0 Å². The number of amides is 3. The van der Waals surface area contributed by atoms with E-state index in [9.17, 15) is 14.4 Å². The topological polar surface area (TPSA) is 66.5 Å². The van der Waals surface area contributed by atoms with E-state index in [1.165, 1.54) is 4.90 Å². The molecule has 3 rings (SSSR count). The molecule has 6 heteroatoms. The number of carbonyl (C=O) groups is 3. The maximum atomic E-state index is 12.4. The summed E-state index contributed by atoms with van der Waals surface area (Å²) in [5, 5.41) is 2.59. The van der Waals surface area contributed by atoms with E-state index < -0.39 is 0 Å². The molecule has 1 aliphatic heterocycles. The summed E-state index contributed by atoms with van der Waals surface area (Å²) < 4.78 is 0. The van der Waals surface area contributed by atoms with Gasteiger partial charge in [-0.15, -0.1) is 0 Å². The third-order valence-corrected chi connectivity index (χ3v) is 5.15. The molecule has 2 aromatic rings. The zero-order chi connectivity index (χ0) is 18.4. The van der Waals surface area contributed by atoms with Gasteiger partial charge in [0.25, 0.3) is 5.24 Å². The van der Waals surface area contributed by atoms with Crippen LogP contribution in [0, 0.1) is 0 Å². The van der Waals surface area contributed by atoms with Gasteiger partial charge in [-0.25, -0.2) is 0 Å². The molecule has 3 amide bonds. The summed E-state index contributed by atoms with van der Waals surface area (Å²) in [6.07, 6.45) is 0.310. The van der Waals surface area contributed by atoms with Gasteiger partial charge in [-0.1, -0.05) is 72.4 Å². The molecule has 0 bridgehead atoms. The molecule has 134 valence electrons. The smallest absolute Gasteiger partial charge is 0.288 e. The Morgan fingerprint density at radius 1 is 1.00 bits per heavy atom. The van der Waals surface area contributed by atoms with Crippen molar-refractivity contribution in [3.05, 3.63) is 71.8 Å². The van der Waals surface area contributed by atoms with E-state index in [1.54, 1.807) is 0 Å². The van der Waals surface area contributed by atoms with Gasteiger partial charge in [0.1, 0.15) is 0 Å². The standard InChI is InChI=1S/C20H20N2O3S/c23-18(21-11-12-22-19(24)14-26-20(22)25)13-17(15-7-3-1-4-8-15)16-9-5-2-6-10-16/h1-10,17H,11-14H2,(H,21,23). The fourth-order valence-corrected chi connectivity index (χ4v) is 3.71. The highest BCUT2D eigenvalue weighted by Gasteiger charge is 2.29. The molecule has 1 heterocycles. The molecule has 26 heavy (non-hydrogen) atoms. The lowest BCUT2D eigenvalue weighted by atomic mass is 9.88. The molecular formula is C20H20N2O3S. The number of thioether (sulfide) groups is 1. The number of benzene rings is 2. The SMILES string of the molecule is O=C(CC(c1ccccc1)c1ccccc1)NCCN1C(=O)CSC1=O. The van der Waals surface area contributed by atoms with Crippen molar-refractivity contribution in [3.63, 3.8) is 0 Å². The molecule has 1 N–H and O–H groups in total. The summed E-state index contributed by atoms with van der Waals surface area (Å²) in [5.74, 6) is -0.144. The van der Waals surface area contributed by atoms with E-state index in [0.717, 1.165) is 22.9 Å². The zero-order valence-electron chi connectivity index (χ0n) is 14.3. The van der Waals surface area contributed by atoms with Crippen molar-refractivity contribution in [3.8, 4) is 0 Å². The first-order chi connectivity index (χ1) is 12.6. The summed E-state index contributed by atoms with van der Waals surface area (Å²) in [7, 11) is 0. The van der Waals surface area contributed by atoms with Crippen LogP contribution in [0.3, 0.4) is 0 Å². The first-order valence-corrected chi connectivity index (χ1v) is 9.47. The number of nitrogens with zero attached hydrogens (tertiary/aromatic N) is 1. The lowest BCUT2D eigenvalue weighted by Gasteiger charge is -2.18. The minimum absolute atomic E-state index is 0.0389. The molecule has 1 saturated heterocycles. The van der Waals surface area contributed by atoms with E-state index in [1.807, 2.05) is 60.7 Å². The normalized spacial score (nSPS) is 14.1. The van der Waals surface area contributed by atoms with Crippen molar-refractivity contribution in [2.75, 3.05) is 18.8 Å². The van der Waals surface area contributed by atoms with Crippen molar-refractivity contribution in [2.45, 2.75) is 12.3 Å². The van der Waals surface area contributed by atoms with Gasteiger partial charge in [0.15, 0.2) is 0 Å². The van der Waals surface area contributed by atoms with Crippen LogP contribution >= 0.6 is 11.8 Å². The van der Waals surface area contributed by atoms with Crippen LogP contribution < -0.4 is 5.32 Å². The second kappa shape index (κ2) is 8.67. The Morgan fingerprint density at radius 3 is 2.08 bits per heavy atom. The Hall–Kier alpha value is -2.60. The second-order valence-corrected chi connectivity index (χ2v) is 6.95. The largest absolute Gasteiger partial charge is 0.354 e. The van der Waals surface area contributed by atoms with Gasteiger partial charge in [-0.3, -0.25) is 19.3 Å². The van der Waals surface area contributed by atoms with Crippen LogP contribution in [0.15, 0.2) is 60.7 Å². The van der Waals surface area contributed by atoms with Crippen molar-refractivity contribution in [1.82, 2.24) is 10.2 Å². The first-order valence-electron chi connectivity index (χ1n) is 8.49. The van der Waals surface area contributed by atoms with E-state index in [2.05, 4.69) is 5.32 Å². The molecule has 0 atom stereocenters. The Bertz CT molecular complexity index is 725. The molecule has 2 aromatic carbocycles. The Morgan fingerprint density at radius 2 is 1.58 bits per heavy atom. The number of imide groups is 1. The fourth-order valence-electron chi connectivity index (χ4n) is 2.96. The number of rotatable bonds is 7. The van der Waals surface area contributed by atoms with Gasteiger partial charge in [0.2, 0.25) is 11.8 Å². The number of hydrogen-bond acceptors (Lipinski definition) is 4. The summed E-state index contributed by atoms with van der Waals surface area (Å²) >= 11 is 1.00. The van der Waals surface area contributed by atoms with Gasteiger partial charge in [0.05, 0.1) is 5.75 Å². The van der Waals surface area contributed by atoms with Crippen molar-refractivity contribution >= 4 is 28.8 Å². The predicted molar refractivity (Wildman–Crippen MR) is 102 cm³/mol. The van der Waals surface area contributed by atoms with Crippen molar-refractivity contribution < 1.29 is 14.4 Å². The molecule has 1 fully saturated rings. The number of carbonyl (C=O) groups excluding carboxylic acids is 3.